The Labute approximate surface area is 346 Å². The number of hydrogen-bond donors (Lipinski definition) is 16. The third kappa shape index (κ3) is 10.8. The van der Waals surface area contributed by atoms with Crippen LogP contribution in [0.2, 0.25) is 0 Å². The molecule has 27 nitrogen and oxygen atoms in total. The van der Waals surface area contributed by atoms with Crippen LogP contribution in [0, 0.1) is 0 Å². The van der Waals surface area contributed by atoms with Gasteiger partial charge in [-0.15, -0.1) is 0 Å². The van der Waals surface area contributed by atoms with Crippen molar-refractivity contribution in [1.29, 1.82) is 0 Å². The molecule has 0 aromatic heterocycles. The molecule has 61 heavy (non-hydrogen) atoms. The highest BCUT2D eigenvalue weighted by Crippen LogP contribution is 2.37. The van der Waals surface area contributed by atoms with Crippen molar-refractivity contribution < 1.29 is 124 Å². The number of carbonyl (C=O) groups is 2. The molecule has 5 heterocycles. The van der Waals surface area contributed by atoms with Gasteiger partial charge in [0.15, 0.2) is 31.5 Å². The number of aliphatic hydroxyl groups excluding tert-OH is 14. The van der Waals surface area contributed by atoms with E-state index in [1.807, 2.05) is 0 Å². The van der Waals surface area contributed by atoms with Crippen LogP contribution in [0.25, 0.3) is 0 Å². The molecule has 0 bridgehead atoms. The standard InChI is InChI=1S/C34H58N2O25/c1-8-17(43)23(49)24(50)33(53-8)61-29-28(60-31-15(35-9(2)41)22(48)18(44)11(4-37)55-31)21(47)14(7-40)57-34(29)58-26-16(36-10(3)42)32(56-13(6-39)19(26)45)59-27-20(46)12(5-38)54-30(52)25(27)51/h8,11-34,37-40,43-52H,4-7H2,1-3H3,(H,35,41)(H,36,42)/t8-,11+,12+,13+,14+,15+,16+,17+,18-,19-,20-,21-,22+,23+,24-,25+,26+,27-,28-,29+,30-,31+,32+,33-,34-/m0/s1. The molecule has 25 atom stereocenters. The minimum absolute atomic E-state index is 0.763. The fourth-order valence-electron chi connectivity index (χ4n) is 7.74. The molecule has 0 aromatic carbocycles. The van der Waals surface area contributed by atoms with E-state index in [0.717, 1.165) is 13.8 Å². The zero-order valence-electron chi connectivity index (χ0n) is 33.0. The predicted molar refractivity (Wildman–Crippen MR) is 188 cm³/mol. The van der Waals surface area contributed by atoms with Crippen molar-refractivity contribution in [2.75, 3.05) is 26.4 Å². The molecule has 0 spiro atoms. The number of hydrogen-bond acceptors (Lipinski definition) is 25. The summed E-state index contributed by atoms with van der Waals surface area (Å²) in [4.78, 5) is 24.9. The van der Waals surface area contributed by atoms with Crippen molar-refractivity contribution in [3.05, 3.63) is 0 Å². The van der Waals surface area contributed by atoms with Gasteiger partial charge in [0.05, 0.1) is 32.5 Å². The minimum Gasteiger partial charge on any atom is -0.394 e. The van der Waals surface area contributed by atoms with Gasteiger partial charge in [-0.1, -0.05) is 0 Å². The Hall–Kier alpha value is -1.98. The molecule has 0 radical (unpaired) electrons. The molecule has 5 rings (SSSR count). The summed E-state index contributed by atoms with van der Waals surface area (Å²) < 4.78 is 52.2. The second-order valence-electron chi connectivity index (χ2n) is 15.4. The van der Waals surface area contributed by atoms with Gasteiger partial charge in [0.25, 0.3) is 0 Å². The molecule has 0 saturated carbocycles. The summed E-state index contributed by atoms with van der Waals surface area (Å²) in [6, 6.07) is -3.36. The number of rotatable bonds is 14. The highest BCUT2D eigenvalue weighted by atomic mass is 16.8. The van der Waals surface area contributed by atoms with Crippen molar-refractivity contribution in [1.82, 2.24) is 10.6 Å². The molecule has 16 N–H and O–H groups in total. The highest BCUT2D eigenvalue weighted by molar-refractivity contribution is 5.73. The smallest absolute Gasteiger partial charge is 0.217 e. The summed E-state index contributed by atoms with van der Waals surface area (Å²) in [5.74, 6) is -1.59. The molecule has 0 aromatic rings. The summed E-state index contributed by atoms with van der Waals surface area (Å²) in [6.45, 7) is -0.358. The molecular weight excluding hydrogens is 836 g/mol. The predicted octanol–water partition coefficient (Wildman–Crippen LogP) is -10.6. The number of ether oxygens (including phenoxy) is 9. The summed E-state index contributed by atoms with van der Waals surface area (Å²) in [7, 11) is 0. The Morgan fingerprint density at radius 1 is 0.426 bits per heavy atom. The van der Waals surface area contributed by atoms with Gasteiger partial charge >= 0.3 is 0 Å². The third-order valence-corrected chi connectivity index (χ3v) is 11.1. The second-order valence-corrected chi connectivity index (χ2v) is 15.4. The molecule has 5 aliphatic heterocycles. The molecule has 27 heteroatoms. The van der Waals surface area contributed by atoms with Crippen molar-refractivity contribution in [3.63, 3.8) is 0 Å². The Kier molecular flexibility index (Phi) is 17.5. The van der Waals surface area contributed by atoms with Gasteiger partial charge in [-0.3, -0.25) is 9.59 Å². The maximum absolute atomic E-state index is 12.7. The van der Waals surface area contributed by atoms with Crippen LogP contribution in [0.1, 0.15) is 20.8 Å². The van der Waals surface area contributed by atoms with E-state index in [4.69, 9.17) is 42.6 Å². The normalized spacial score (nSPS) is 49.6. The average Bonchev–Trinajstić information content (AvgIpc) is 3.22. The van der Waals surface area contributed by atoms with E-state index in [0.29, 0.717) is 0 Å². The molecule has 5 fully saturated rings. The number of amides is 2. The first-order valence-electron chi connectivity index (χ1n) is 19.5. The zero-order valence-corrected chi connectivity index (χ0v) is 33.0. The first-order valence-corrected chi connectivity index (χ1v) is 19.5. The van der Waals surface area contributed by atoms with Crippen molar-refractivity contribution in [2.24, 2.45) is 0 Å². The fraction of sp³-hybridized carbons (Fsp3) is 0.941. The molecule has 0 aliphatic carbocycles. The van der Waals surface area contributed by atoms with E-state index in [1.54, 1.807) is 0 Å². The molecule has 0 unspecified atom stereocenters. The summed E-state index contributed by atoms with van der Waals surface area (Å²) in [6.07, 6.45) is -42.2. The SMILES string of the molecule is CC(=O)N[C@H]1[C@@H](O[C@H]2[C@@H](O)[C@@H](CO)O[C@@H](O[C@H]3[C@@H](O)[C@@H](CO)O[C@H](O[C@@H]4[C@@H](O)[C@@H](O)O[C@H](CO)[C@@H]4O)[C@@H]3NC(C)=O)[C@@H]2O[C@@H]2O[C@@H](C)[C@@H](O)[C@@H](O)[C@@H]2O)O[C@H](CO)[C@H](O)[C@@H]1O. The fourth-order valence-corrected chi connectivity index (χ4v) is 7.74. The lowest BCUT2D eigenvalue weighted by Crippen LogP contribution is -2.71. The van der Waals surface area contributed by atoms with Crippen LogP contribution in [0.15, 0.2) is 0 Å². The van der Waals surface area contributed by atoms with Crippen molar-refractivity contribution in [3.8, 4) is 0 Å². The lowest BCUT2D eigenvalue weighted by atomic mass is 9.93. The van der Waals surface area contributed by atoms with E-state index in [2.05, 4.69) is 10.6 Å². The first-order chi connectivity index (χ1) is 28.8. The van der Waals surface area contributed by atoms with E-state index in [1.165, 1.54) is 6.92 Å². The van der Waals surface area contributed by atoms with Gasteiger partial charge in [-0.25, -0.2) is 0 Å². The van der Waals surface area contributed by atoms with E-state index < -0.39 is 192 Å². The van der Waals surface area contributed by atoms with Gasteiger partial charge in [0.2, 0.25) is 11.8 Å². The topological polar surface area (TPSA) is 424 Å². The lowest BCUT2D eigenvalue weighted by molar-refractivity contribution is -0.399. The first kappa shape index (κ1) is 50.0. The quantitative estimate of drug-likeness (QED) is 0.0770. The van der Waals surface area contributed by atoms with Crippen molar-refractivity contribution in [2.45, 2.75) is 174 Å². The van der Waals surface area contributed by atoms with Crippen LogP contribution >= 0.6 is 0 Å². The third-order valence-electron chi connectivity index (χ3n) is 11.1. The summed E-state index contributed by atoms with van der Waals surface area (Å²) in [5.41, 5.74) is 0. The number of aliphatic hydroxyl groups is 14. The van der Waals surface area contributed by atoms with Gasteiger partial charge in [-0.05, 0) is 6.92 Å². The minimum atomic E-state index is -2.08. The Bertz CT molecular complexity index is 1420. The maximum Gasteiger partial charge on any atom is 0.217 e. The molecule has 354 valence electrons. The largest absolute Gasteiger partial charge is 0.394 e. The number of nitrogens with one attached hydrogen (secondary N) is 2. The average molecular weight is 895 g/mol. The van der Waals surface area contributed by atoms with Crippen LogP contribution in [-0.2, 0) is 52.2 Å². The Morgan fingerprint density at radius 3 is 1.41 bits per heavy atom. The molecular formula is C34H58N2O25. The zero-order chi connectivity index (χ0) is 45.2. The van der Waals surface area contributed by atoms with E-state index in [9.17, 15) is 81.1 Å². The van der Waals surface area contributed by atoms with Gasteiger partial charge in [-0.2, -0.15) is 0 Å². The van der Waals surface area contributed by atoms with Gasteiger partial charge < -0.3 is 125 Å². The molecule has 5 aliphatic rings. The lowest BCUT2D eigenvalue weighted by Gasteiger charge is -2.51. The van der Waals surface area contributed by atoms with Crippen LogP contribution in [-0.4, -0.2) is 263 Å². The van der Waals surface area contributed by atoms with Crippen LogP contribution in [0.3, 0.4) is 0 Å². The van der Waals surface area contributed by atoms with Crippen LogP contribution in [0.4, 0.5) is 0 Å². The van der Waals surface area contributed by atoms with E-state index in [-0.39, 0.29) is 0 Å². The van der Waals surface area contributed by atoms with Gasteiger partial charge in [0.1, 0.15) is 116 Å². The van der Waals surface area contributed by atoms with E-state index >= 15 is 0 Å². The summed E-state index contributed by atoms with van der Waals surface area (Å²) in [5, 5.41) is 154. The Balaban J connectivity index is 1.57. The van der Waals surface area contributed by atoms with Crippen molar-refractivity contribution >= 4 is 11.8 Å². The van der Waals surface area contributed by atoms with Crippen LogP contribution < -0.4 is 10.6 Å². The molecule has 5 saturated heterocycles. The maximum atomic E-state index is 12.7. The monoisotopic (exact) mass is 894 g/mol. The Morgan fingerprint density at radius 2 is 0.852 bits per heavy atom. The second kappa shape index (κ2) is 21.3. The van der Waals surface area contributed by atoms with Gasteiger partial charge in [0, 0.05) is 13.8 Å². The summed E-state index contributed by atoms with van der Waals surface area (Å²) >= 11 is 0. The van der Waals surface area contributed by atoms with Crippen LogP contribution in [0.5, 0.6) is 0 Å². The molecule has 2 amide bonds. The highest BCUT2D eigenvalue weighted by Gasteiger charge is 2.58. The number of carbonyl (C=O) groups excluding carboxylic acids is 2.